The van der Waals surface area contributed by atoms with Crippen LogP contribution >= 0.6 is 0 Å². The van der Waals surface area contributed by atoms with Crippen LogP contribution in [0, 0.1) is 0 Å². The van der Waals surface area contributed by atoms with Crippen molar-refractivity contribution in [3.63, 3.8) is 0 Å². The zero-order valence-electron chi connectivity index (χ0n) is 19.3. The first kappa shape index (κ1) is 28.1. The van der Waals surface area contributed by atoms with E-state index in [0.717, 1.165) is 40.0 Å². The Labute approximate surface area is 191 Å². The Morgan fingerprint density at radius 2 is 1.39 bits per heavy atom. The average molecular weight is 473 g/mol. The number of nitrogens with zero attached hydrogens (tertiary/aromatic N) is 3. The molecule has 0 aromatic heterocycles. The number of carbonyl (C=O) groups excluding carboxylic acids is 4. The first-order valence-corrected chi connectivity index (χ1v) is 10.6. The minimum atomic E-state index is -1.25. The number of esters is 4. The highest BCUT2D eigenvalue weighted by atomic mass is 16.7. The van der Waals surface area contributed by atoms with Crippen LogP contribution in [0.15, 0.2) is 5.11 Å². The second kappa shape index (κ2) is 15.0. The van der Waals surface area contributed by atoms with Gasteiger partial charge in [0.1, 0.15) is 12.7 Å². The third-order valence-electron chi connectivity index (χ3n) is 4.45. The van der Waals surface area contributed by atoms with Crippen LogP contribution < -0.4 is 0 Å². The van der Waals surface area contributed by atoms with Crippen LogP contribution in [-0.2, 0) is 47.6 Å². The molecule has 1 aliphatic rings. The maximum atomic E-state index is 11.8. The minimum Gasteiger partial charge on any atom is -0.463 e. The Bertz CT molecular complexity index is 725. The molecule has 1 saturated heterocycles. The smallest absolute Gasteiger partial charge is 0.303 e. The summed E-state index contributed by atoms with van der Waals surface area (Å²) in [5.74, 6) is -2.69. The highest BCUT2D eigenvalue weighted by Crippen LogP contribution is 2.30. The molecule has 0 aliphatic carbocycles. The van der Waals surface area contributed by atoms with Crippen molar-refractivity contribution < 1.29 is 47.6 Å². The van der Waals surface area contributed by atoms with Crippen LogP contribution in [0.5, 0.6) is 0 Å². The monoisotopic (exact) mass is 473 g/mol. The molecule has 0 amide bonds. The number of azide groups is 1. The van der Waals surface area contributed by atoms with Gasteiger partial charge in [-0.25, -0.2) is 0 Å². The number of hydrogen-bond donors (Lipinski definition) is 0. The second-order valence-electron chi connectivity index (χ2n) is 7.31. The summed E-state index contributed by atoms with van der Waals surface area (Å²) >= 11 is 0. The third kappa shape index (κ3) is 11.0. The van der Waals surface area contributed by atoms with E-state index < -0.39 is 54.6 Å². The lowest BCUT2D eigenvalue weighted by Gasteiger charge is -2.44. The molecule has 0 aromatic carbocycles. The summed E-state index contributed by atoms with van der Waals surface area (Å²) in [5.41, 5.74) is 8.27. The lowest BCUT2D eigenvalue weighted by Crippen LogP contribution is -2.63. The fraction of sp³-hybridized carbons (Fsp3) is 0.800. The van der Waals surface area contributed by atoms with E-state index in [1.165, 1.54) is 6.92 Å². The first-order valence-electron chi connectivity index (χ1n) is 10.6. The van der Waals surface area contributed by atoms with Crippen LogP contribution in [-0.4, -0.2) is 74.3 Å². The summed E-state index contributed by atoms with van der Waals surface area (Å²) in [5, 5.41) is 3.47. The van der Waals surface area contributed by atoms with E-state index in [2.05, 4.69) is 10.0 Å². The van der Waals surface area contributed by atoms with E-state index in [4.69, 9.17) is 34.0 Å². The zero-order chi connectivity index (χ0) is 24.8. The van der Waals surface area contributed by atoms with Crippen molar-refractivity contribution in [1.29, 1.82) is 0 Å². The number of rotatable bonds is 13. The molecule has 186 valence electrons. The van der Waals surface area contributed by atoms with E-state index in [1.54, 1.807) is 0 Å². The molecule has 1 heterocycles. The van der Waals surface area contributed by atoms with E-state index >= 15 is 0 Å². The van der Waals surface area contributed by atoms with Crippen LogP contribution in [0.1, 0.15) is 53.4 Å². The van der Waals surface area contributed by atoms with Crippen molar-refractivity contribution >= 4 is 23.9 Å². The molecule has 13 nitrogen and oxygen atoms in total. The molecule has 0 N–H and O–H groups in total. The summed E-state index contributed by atoms with van der Waals surface area (Å²) < 4.78 is 32.5. The Morgan fingerprint density at radius 1 is 0.818 bits per heavy atom. The maximum absolute atomic E-state index is 11.8. The van der Waals surface area contributed by atoms with Gasteiger partial charge < -0.3 is 28.4 Å². The molecule has 5 atom stereocenters. The second-order valence-corrected chi connectivity index (χ2v) is 7.31. The van der Waals surface area contributed by atoms with E-state index in [0.29, 0.717) is 13.0 Å². The molecular formula is C20H31N3O10. The Hall–Kier alpha value is -2.89. The molecule has 33 heavy (non-hydrogen) atoms. The van der Waals surface area contributed by atoms with E-state index in [1.807, 2.05) is 0 Å². The summed E-state index contributed by atoms with van der Waals surface area (Å²) in [4.78, 5) is 49.2. The van der Waals surface area contributed by atoms with Gasteiger partial charge in [0.25, 0.3) is 0 Å². The molecule has 0 saturated carbocycles. The highest BCUT2D eigenvalue weighted by molar-refractivity contribution is 5.68. The Morgan fingerprint density at radius 3 is 1.97 bits per heavy atom. The van der Waals surface area contributed by atoms with Crippen molar-refractivity contribution in [2.45, 2.75) is 84.1 Å². The molecule has 0 aromatic rings. The fourth-order valence-corrected chi connectivity index (χ4v) is 3.21. The first-order chi connectivity index (χ1) is 15.6. The topological polar surface area (TPSA) is 172 Å². The Balaban J connectivity index is 2.98. The van der Waals surface area contributed by atoms with Gasteiger partial charge in [0.2, 0.25) is 0 Å². The molecule has 1 aliphatic heterocycles. The minimum absolute atomic E-state index is 0.218. The van der Waals surface area contributed by atoms with Crippen molar-refractivity contribution in [3.8, 4) is 0 Å². The quantitative estimate of drug-likeness (QED) is 0.0960. The lowest BCUT2D eigenvalue weighted by molar-refractivity contribution is -0.308. The summed E-state index contributed by atoms with van der Waals surface area (Å²) in [7, 11) is 0. The summed E-state index contributed by atoms with van der Waals surface area (Å²) in [6.07, 6.45) is -2.93. The van der Waals surface area contributed by atoms with Gasteiger partial charge in [-0.05, 0) is 18.4 Å². The van der Waals surface area contributed by atoms with Crippen molar-refractivity contribution in [2.24, 2.45) is 5.11 Å². The van der Waals surface area contributed by atoms with E-state index in [9.17, 15) is 19.2 Å². The van der Waals surface area contributed by atoms with Crippen molar-refractivity contribution in [1.82, 2.24) is 0 Å². The fourth-order valence-electron chi connectivity index (χ4n) is 3.21. The third-order valence-corrected chi connectivity index (χ3v) is 4.45. The Kier molecular flexibility index (Phi) is 12.8. The lowest BCUT2D eigenvalue weighted by atomic mass is 9.98. The van der Waals surface area contributed by atoms with Gasteiger partial charge >= 0.3 is 23.9 Å². The van der Waals surface area contributed by atoms with Gasteiger partial charge in [-0.15, -0.1) is 0 Å². The molecular weight excluding hydrogens is 442 g/mol. The highest BCUT2D eigenvalue weighted by Gasteiger charge is 2.52. The molecule has 0 radical (unpaired) electrons. The molecule has 1 fully saturated rings. The molecule has 13 heteroatoms. The van der Waals surface area contributed by atoms with Gasteiger partial charge in [-0.1, -0.05) is 18.0 Å². The molecule has 0 unspecified atom stereocenters. The number of ether oxygens (including phenoxy) is 6. The zero-order valence-corrected chi connectivity index (χ0v) is 19.3. The number of unbranched alkanes of at least 4 members (excludes halogenated alkanes) is 3. The van der Waals surface area contributed by atoms with Crippen LogP contribution in [0.3, 0.4) is 0 Å². The predicted octanol–water partition coefficient (Wildman–Crippen LogP) is 1.96. The van der Waals surface area contributed by atoms with Crippen LogP contribution in [0.25, 0.3) is 10.4 Å². The largest absolute Gasteiger partial charge is 0.463 e. The van der Waals surface area contributed by atoms with E-state index in [-0.39, 0.29) is 13.2 Å². The predicted molar refractivity (Wildman–Crippen MR) is 110 cm³/mol. The number of carbonyl (C=O) groups is 4. The van der Waals surface area contributed by atoms with Crippen molar-refractivity contribution in [3.05, 3.63) is 10.4 Å². The molecule has 1 rings (SSSR count). The van der Waals surface area contributed by atoms with Gasteiger partial charge in [0.15, 0.2) is 24.6 Å². The van der Waals surface area contributed by atoms with Crippen LogP contribution in [0.4, 0.5) is 0 Å². The number of hydrogen-bond acceptors (Lipinski definition) is 11. The maximum Gasteiger partial charge on any atom is 0.303 e. The van der Waals surface area contributed by atoms with Gasteiger partial charge in [-0.3, -0.25) is 19.2 Å². The van der Waals surface area contributed by atoms with Gasteiger partial charge in [0, 0.05) is 45.8 Å². The SMILES string of the molecule is CC(=O)OC[C@H]1O[C@@H](OCCCCCCN=[N+]=[N-])[C@H](OC(C)=O)[C@@H](OC(C)=O)[C@@H]1OC(C)=O. The standard InChI is InChI=1S/C20H31N3O10/c1-12(24)29-11-16-17(30-13(2)25)18(31-14(3)26)19(32-15(4)27)20(33-16)28-10-8-6-5-7-9-22-23-21/h16-20H,5-11H2,1-4H3/t16-,17-,18+,19-,20-/m1/s1. The van der Waals surface area contributed by atoms with Gasteiger partial charge in [0.05, 0.1) is 0 Å². The average Bonchev–Trinajstić information content (AvgIpc) is 2.71. The molecule has 0 bridgehead atoms. The normalized spacial score (nSPS) is 24.2. The molecule has 0 spiro atoms. The van der Waals surface area contributed by atoms with Crippen LogP contribution in [0.2, 0.25) is 0 Å². The van der Waals surface area contributed by atoms with Crippen molar-refractivity contribution in [2.75, 3.05) is 19.8 Å². The summed E-state index contributed by atoms with van der Waals surface area (Å²) in [6.45, 7) is 4.99. The van der Waals surface area contributed by atoms with Gasteiger partial charge in [-0.2, -0.15) is 0 Å². The summed E-state index contributed by atoms with van der Waals surface area (Å²) in [6, 6.07) is 0.